The second-order valence-electron chi connectivity index (χ2n) is 6.13. The highest BCUT2D eigenvalue weighted by molar-refractivity contribution is 5.95. The van der Waals surface area contributed by atoms with Crippen LogP contribution in [0.25, 0.3) is 0 Å². The number of nitrogens with one attached hydrogen (secondary N) is 1. The molecule has 2 aromatic rings. The number of nitrogens with zero attached hydrogens (tertiary/aromatic N) is 2. The monoisotopic (exact) mass is 358 g/mol. The minimum absolute atomic E-state index is 0.0193. The van der Waals surface area contributed by atoms with Crippen molar-refractivity contribution >= 4 is 11.9 Å². The minimum atomic E-state index is -0.317. The molecule has 3 rings (SSSR count). The SMILES string of the molecule is Cc1nc(N)ncc1C(=O)N[C@@H]1CCOC[C@H]1Oc1ccc(CO)cc1. The molecule has 138 valence electrons. The normalized spacial score (nSPS) is 19.8. The van der Waals surface area contributed by atoms with Crippen molar-refractivity contribution in [1.82, 2.24) is 15.3 Å². The zero-order valence-electron chi connectivity index (χ0n) is 14.5. The molecule has 0 spiro atoms. The predicted molar refractivity (Wildman–Crippen MR) is 94.7 cm³/mol. The van der Waals surface area contributed by atoms with Crippen LogP contribution in [-0.2, 0) is 11.3 Å². The summed E-state index contributed by atoms with van der Waals surface area (Å²) in [4.78, 5) is 20.5. The van der Waals surface area contributed by atoms with Crippen LogP contribution in [0, 0.1) is 6.92 Å². The lowest BCUT2D eigenvalue weighted by Crippen LogP contribution is -2.51. The number of rotatable bonds is 5. The van der Waals surface area contributed by atoms with Crippen LogP contribution in [0.1, 0.15) is 28.0 Å². The molecule has 0 aliphatic carbocycles. The summed E-state index contributed by atoms with van der Waals surface area (Å²) in [6, 6.07) is 6.96. The van der Waals surface area contributed by atoms with Crippen LogP contribution in [-0.4, -0.2) is 46.3 Å². The number of nitrogens with two attached hydrogens (primary N) is 1. The summed E-state index contributed by atoms with van der Waals surface area (Å²) in [7, 11) is 0. The van der Waals surface area contributed by atoms with Crippen molar-refractivity contribution < 1.29 is 19.4 Å². The van der Waals surface area contributed by atoms with Gasteiger partial charge in [-0.2, -0.15) is 0 Å². The molecule has 8 heteroatoms. The van der Waals surface area contributed by atoms with E-state index in [9.17, 15) is 4.79 Å². The maximum Gasteiger partial charge on any atom is 0.255 e. The summed E-state index contributed by atoms with van der Waals surface area (Å²) in [5.74, 6) is 0.528. The molecular weight excluding hydrogens is 336 g/mol. The van der Waals surface area contributed by atoms with Gasteiger partial charge in [0, 0.05) is 12.8 Å². The maximum absolute atomic E-state index is 12.6. The van der Waals surface area contributed by atoms with E-state index in [1.165, 1.54) is 6.20 Å². The minimum Gasteiger partial charge on any atom is -0.486 e. The Morgan fingerprint density at radius 2 is 2.19 bits per heavy atom. The summed E-state index contributed by atoms with van der Waals surface area (Å²) >= 11 is 0. The Bertz CT molecular complexity index is 766. The molecule has 1 aliphatic rings. The van der Waals surface area contributed by atoms with E-state index in [0.29, 0.717) is 36.6 Å². The number of aromatic nitrogens is 2. The van der Waals surface area contributed by atoms with Gasteiger partial charge in [-0.15, -0.1) is 0 Å². The van der Waals surface area contributed by atoms with Gasteiger partial charge in [0.2, 0.25) is 5.95 Å². The Labute approximate surface area is 151 Å². The van der Waals surface area contributed by atoms with E-state index in [-0.39, 0.29) is 30.6 Å². The van der Waals surface area contributed by atoms with Gasteiger partial charge in [0.25, 0.3) is 5.91 Å². The number of anilines is 1. The molecule has 0 unspecified atom stereocenters. The lowest BCUT2D eigenvalue weighted by atomic mass is 10.0. The Kier molecular flexibility index (Phi) is 5.65. The fourth-order valence-corrected chi connectivity index (χ4v) is 2.80. The smallest absolute Gasteiger partial charge is 0.255 e. The summed E-state index contributed by atoms with van der Waals surface area (Å²) in [5, 5.41) is 12.1. The van der Waals surface area contributed by atoms with Crippen molar-refractivity contribution in [2.45, 2.75) is 32.1 Å². The van der Waals surface area contributed by atoms with Gasteiger partial charge in [0.1, 0.15) is 11.9 Å². The fourth-order valence-electron chi connectivity index (χ4n) is 2.80. The van der Waals surface area contributed by atoms with Crippen molar-refractivity contribution in [2.24, 2.45) is 0 Å². The Hall–Kier alpha value is -2.71. The number of carbonyl (C=O) groups excluding carboxylic acids is 1. The van der Waals surface area contributed by atoms with Crippen LogP contribution in [0.4, 0.5) is 5.95 Å². The average Bonchev–Trinajstić information content (AvgIpc) is 2.64. The molecule has 2 atom stereocenters. The molecule has 1 amide bonds. The number of ether oxygens (including phenoxy) is 2. The number of carbonyl (C=O) groups is 1. The van der Waals surface area contributed by atoms with Crippen molar-refractivity contribution in [3.8, 4) is 5.75 Å². The molecule has 2 heterocycles. The van der Waals surface area contributed by atoms with Crippen molar-refractivity contribution in [1.29, 1.82) is 0 Å². The highest BCUT2D eigenvalue weighted by Crippen LogP contribution is 2.19. The molecular formula is C18H22N4O4. The second kappa shape index (κ2) is 8.11. The Balaban J connectivity index is 1.68. The molecule has 1 aromatic carbocycles. The lowest BCUT2D eigenvalue weighted by molar-refractivity contribution is -0.0135. The quantitative estimate of drug-likeness (QED) is 0.724. The maximum atomic E-state index is 12.6. The van der Waals surface area contributed by atoms with Gasteiger partial charge < -0.3 is 25.6 Å². The first-order valence-electron chi connectivity index (χ1n) is 8.41. The average molecular weight is 358 g/mol. The van der Waals surface area contributed by atoms with Crippen LogP contribution >= 0.6 is 0 Å². The van der Waals surface area contributed by atoms with E-state index in [1.54, 1.807) is 31.2 Å². The number of aryl methyl sites for hydroxylation is 1. The first-order chi connectivity index (χ1) is 12.6. The molecule has 1 aliphatic heterocycles. The number of hydrogen-bond acceptors (Lipinski definition) is 7. The van der Waals surface area contributed by atoms with Crippen molar-refractivity contribution in [3.05, 3.63) is 47.3 Å². The number of hydrogen-bond donors (Lipinski definition) is 3. The van der Waals surface area contributed by atoms with Gasteiger partial charge in [-0.25, -0.2) is 9.97 Å². The second-order valence-corrected chi connectivity index (χ2v) is 6.13. The summed E-state index contributed by atoms with van der Waals surface area (Å²) < 4.78 is 11.5. The first kappa shape index (κ1) is 18.1. The molecule has 1 fully saturated rings. The van der Waals surface area contributed by atoms with E-state index in [2.05, 4.69) is 15.3 Å². The van der Waals surface area contributed by atoms with Gasteiger partial charge in [-0.05, 0) is 31.0 Å². The highest BCUT2D eigenvalue weighted by Gasteiger charge is 2.29. The van der Waals surface area contributed by atoms with Crippen LogP contribution in [0.3, 0.4) is 0 Å². The van der Waals surface area contributed by atoms with Gasteiger partial charge in [0.05, 0.1) is 30.5 Å². The van der Waals surface area contributed by atoms with E-state index in [1.807, 2.05) is 0 Å². The lowest BCUT2D eigenvalue weighted by Gasteiger charge is -2.32. The van der Waals surface area contributed by atoms with E-state index in [4.69, 9.17) is 20.3 Å². The molecule has 1 aromatic heterocycles. The van der Waals surface area contributed by atoms with Crippen LogP contribution in [0.2, 0.25) is 0 Å². The van der Waals surface area contributed by atoms with Crippen LogP contribution in [0.15, 0.2) is 30.5 Å². The molecule has 0 bridgehead atoms. The number of aliphatic hydroxyl groups excluding tert-OH is 1. The van der Waals surface area contributed by atoms with Gasteiger partial charge in [-0.1, -0.05) is 12.1 Å². The third kappa shape index (κ3) is 4.27. The molecule has 8 nitrogen and oxygen atoms in total. The molecule has 0 radical (unpaired) electrons. The summed E-state index contributed by atoms with van der Waals surface area (Å²) in [6.45, 7) is 2.62. The fraction of sp³-hybridized carbons (Fsp3) is 0.389. The van der Waals surface area contributed by atoms with Crippen LogP contribution in [0.5, 0.6) is 5.75 Å². The van der Waals surface area contributed by atoms with Gasteiger partial charge in [-0.3, -0.25) is 4.79 Å². The van der Waals surface area contributed by atoms with Crippen molar-refractivity contribution in [3.63, 3.8) is 0 Å². The van der Waals surface area contributed by atoms with E-state index in [0.717, 1.165) is 5.56 Å². The predicted octanol–water partition coefficient (Wildman–Crippen LogP) is 0.826. The topological polar surface area (TPSA) is 120 Å². The summed E-state index contributed by atoms with van der Waals surface area (Å²) in [5.41, 5.74) is 7.25. The van der Waals surface area contributed by atoms with E-state index >= 15 is 0 Å². The first-order valence-corrected chi connectivity index (χ1v) is 8.41. The molecule has 0 saturated carbocycles. The van der Waals surface area contributed by atoms with Crippen molar-refractivity contribution in [2.75, 3.05) is 18.9 Å². The third-order valence-electron chi connectivity index (χ3n) is 4.26. The largest absolute Gasteiger partial charge is 0.486 e. The third-order valence-corrected chi connectivity index (χ3v) is 4.26. The number of amides is 1. The van der Waals surface area contributed by atoms with Gasteiger partial charge in [0.15, 0.2) is 0 Å². The van der Waals surface area contributed by atoms with Gasteiger partial charge >= 0.3 is 0 Å². The molecule has 26 heavy (non-hydrogen) atoms. The van der Waals surface area contributed by atoms with Crippen LogP contribution < -0.4 is 15.8 Å². The summed E-state index contributed by atoms with van der Waals surface area (Å²) in [6.07, 6.45) is 1.75. The van der Waals surface area contributed by atoms with E-state index < -0.39 is 0 Å². The Morgan fingerprint density at radius 1 is 1.42 bits per heavy atom. The standard InChI is InChI=1S/C18H22N4O4/c1-11-14(8-20-18(19)21-11)17(24)22-15-6-7-25-10-16(15)26-13-4-2-12(9-23)3-5-13/h2-5,8,15-16,23H,6-7,9-10H2,1H3,(H,22,24)(H2,19,20,21)/t15-,16-/m1/s1. The number of nitrogen functional groups attached to an aromatic ring is 1. The Morgan fingerprint density at radius 3 is 2.88 bits per heavy atom. The zero-order chi connectivity index (χ0) is 18.5. The number of benzene rings is 1. The zero-order valence-corrected chi connectivity index (χ0v) is 14.5. The number of aliphatic hydroxyl groups is 1. The highest BCUT2D eigenvalue weighted by atomic mass is 16.5. The molecule has 1 saturated heterocycles. The molecule has 4 N–H and O–H groups in total.